The van der Waals surface area contributed by atoms with Crippen LogP contribution >= 0.6 is 0 Å². The molecule has 2 rings (SSSR count). The lowest BCUT2D eigenvalue weighted by Crippen LogP contribution is -1.99. The molecule has 0 spiro atoms. The quantitative estimate of drug-likeness (QED) is 0.615. The summed E-state index contributed by atoms with van der Waals surface area (Å²) < 4.78 is 1.91. The molecule has 4 heteroatoms. The summed E-state index contributed by atoms with van der Waals surface area (Å²) in [7, 11) is 0. The molecular formula is C6H10N4. The molecule has 0 radical (unpaired) electrons. The molecule has 1 fully saturated rings. The van der Waals surface area contributed by atoms with E-state index >= 15 is 0 Å². The van der Waals surface area contributed by atoms with Crippen LogP contribution in [0.1, 0.15) is 24.6 Å². The molecule has 10 heavy (non-hydrogen) atoms. The SMILES string of the molecule is Cc1c(N)nnn1C1CC1. The molecule has 54 valence electrons. The predicted octanol–water partition coefficient (Wildman–Crippen LogP) is 0.504. The number of nitrogens with zero attached hydrogens (tertiary/aromatic N) is 3. The molecule has 0 amide bonds. The Hall–Kier alpha value is -1.06. The van der Waals surface area contributed by atoms with Crippen LogP contribution in [-0.2, 0) is 0 Å². The van der Waals surface area contributed by atoms with Crippen LogP contribution < -0.4 is 5.73 Å². The average Bonchev–Trinajstić information content (AvgIpc) is 2.67. The van der Waals surface area contributed by atoms with E-state index in [0.717, 1.165) is 5.69 Å². The van der Waals surface area contributed by atoms with Crippen molar-refractivity contribution in [2.24, 2.45) is 0 Å². The van der Waals surface area contributed by atoms with Gasteiger partial charge in [0.2, 0.25) is 0 Å². The molecule has 1 aromatic rings. The van der Waals surface area contributed by atoms with Crippen LogP contribution in [0.4, 0.5) is 5.82 Å². The van der Waals surface area contributed by atoms with Gasteiger partial charge in [0.05, 0.1) is 11.7 Å². The highest BCUT2D eigenvalue weighted by Gasteiger charge is 2.26. The molecule has 0 saturated heterocycles. The first-order valence-electron chi connectivity index (χ1n) is 3.46. The van der Waals surface area contributed by atoms with Gasteiger partial charge in [-0.1, -0.05) is 5.21 Å². The summed E-state index contributed by atoms with van der Waals surface area (Å²) in [6.45, 7) is 1.95. The second-order valence-electron chi connectivity index (χ2n) is 2.74. The maximum atomic E-state index is 5.51. The third-order valence-electron chi connectivity index (χ3n) is 1.86. The van der Waals surface area contributed by atoms with Crippen molar-refractivity contribution in [2.45, 2.75) is 25.8 Å². The van der Waals surface area contributed by atoms with Crippen molar-refractivity contribution in [3.8, 4) is 0 Å². The molecule has 2 N–H and O–H groups in total. The van der Waals surface area contributed by atoms with Gasteiger partial charge < -0.3 is 5.73 Å². The number of nitrogens with two attached hydrogens (primary N) is 1. The summed E-state index contributed by atoms with van der Waals surface area (Å²) >= 11 is 0. The van der Waals surface area contributed by atoms with E-state index < -0.39 is 0 Å². The highest BCUT2D eigenvalue weighted by molar-refractivity contribution is 5.31. The van der Waals surface area contributed by atoms with Crippen LogP contribution in [0.15, 0.2) is 0 Å². The summed E-state index contributed by atoms with van der Waals surface area (Å²) in [4.78, 5) is 0. The molecule has 1 aromatic heterocycles. The monoisotopic (exact) mass is 138 g/mol. The summed E-state index contributed by atoms with van der Waals surface area (Å²) in [6.07, 6.45) is 2.45. The zero-order valence-electron chi connectivity index (χ0n) is 5.91. The van der Waals surface area contributed by atoms with Gasteiger partial charge in [-0.3, -0.25) is 0 Å². The molecule has 1 aliphatic rings. The lowest BCUT2D eigenvalue weighted by molar-refractivity contribution is 0.595. The topological polar surface area (TPSA) is 56.7 Å². The molecular weight excluding hydrogens is 128 g/mol. The minimum atomic E-state index is 0.562. The van der Waals surface area contributed by atoms with Crippen LogP contribution in [0.5, 0.6) is 0 Å². The molecule has 4 nitrogen and oxygen atoms in total. The Morgan fingerprint density at radius 2 is 2.30 bits per heavy atom. The van der Waals surface area contributed by atoms with E-state index in [4.69, 9.17) is 5.73 Å². The van der Waals surface area contributed by atoms with E-state index in [1.54, 1.807) is 0 Å². The fraction of sp³-hybridized carbons (Fsp3) is 0.667. The Morgan fingerprint density at radius 1 is 1.60 bits per heavy atom. The van der Waals surface area contributed by atoms with Crippen molar-refractivity contribution in [1.82, 2.24) is 15.0 Å². The Labute approximate surface area is 59.0 Å². The molecule has 0 bridgehead atoms. The van der Waals surface area contributed by atoms with Crippen molar-refractivity contribution in [1.29, 1.82) is 0 Å². The van der Waals surface area contributed by atoms with Crippen LogP contribution in [-0.4, -0.2) is 15.0 Å². The highest BCUT2D eigenvalue weighted by Crippen LogP contribution is 2.35. The third-order valence-corrected chi connectivity index (χ3v) is 1.86. The first kappa shape index (κ1) is 5.70. The number of nitrogen functional groups attached to an aromatic ring is 1. The van der Waals surface area contributed by atoms with Crippen LogP contribution in [0.2, 0.25) is 0 Å². The molecule has 0 unspecified atom stereocenters. The van der Waals surface area contributed by atoms with Gasteiger partial charge in [-0.05, 0) is 19.8 Å². The minimum Gasteiger partial charge on any atom is -0.381 e. The Bertz CT molecular complexity index is 248. The largest absolute Gasteiger partial charge is 0.381 e. The lowest BCUT2D eigenvalue weighted by atomic mass is 10.5. The van der Waals surface area contributed by atoms with Crippen LogP contribution in [0.25, 0.3) is 0 Å². The molecule has 1 saturated carbocycles. The normalized spacial score (nSPS) is 17.7. The minimum absolute atomic E-state index is 0.562. The summed E-state index contributed by atoms with van der Waals surface area (Å²) in [6, 6.07) is 0.588. The van der Waals surface area contributed by atoms with Gasteiger partial charge >= 0.3 is 0 Å². The standard InChI is InChI=1S/C6H10N4/c1-4-6(7)8-9-10(4)5-2-3-5/h5H,2-3,7H2,1H3. The van der Waals surface area contributed by atoms with Gasteiger partial charge in [-0.2, -0.15) is 0 Å². The van der Waals surface area contributed by atoms with Crippen molar-refractivity contribution in [3.05, 3.63) is 5.69 Å². The van der Waals surface area contributed by atoms with Crippen LogP contribution in [0, 0.1) is 6.92 Å². The summed E-state index contributed by atoms with van der Waals surface area (Å²) in [5.41, 5.74) is 6.51. The predicted molar refractivity (Wildman–Crippen MR) is 37.4 cm³/mol. The zero-order valence-corrected chi connectivity index (χ0v) is 5.91. The molecule has 1 aliphatic carbocycles. The second-order valence-corrected chi connectivity index (χ2v) is 2.74. The summed E-state index contributed by atoms with van der Waals surface area (Å²) in [5, 5.41) is 7.69. The van der Waals surface area contributed by atoms with Crippen molar-refractivity contribution < 1.29 is 0 Å². The average molecular weight is 138 g/mol. The second kappa shape index (κ2) is 1.71. The van der Waals surface area contributed by atoms with Gasteiger partial charge in [0.25, 0.3) is 0 Å². The maximum absolute atomic E-state index is 5.51. The van der Waals surface area contributed by atoms with E-state index in [0.29, 0.717) is 11.9 Å². The number of aromatic nitrogens is 3. The lowest BCUT2D eigenvalue weighted by Gasteiger charge is -1.96. The van der Waals surface area contributed by atoms with E-state index in [-0.39, 0.29) is 0 Å². The van der Waals surface area contributed by atoms with E-state index in [2.05, 4.69) is 10.3 Å². The zero-order chi connectivity index (χ0) is 7.14. The van der Waals surface area contributed by atoms with Crippen molar-refractivity contribution >= 4 is 5.82 Å². The fourth-order valence-corrected chi connectivity index (χ4v) is 1.02. The smallest absolute Gasteiger partial charge is 0.168 e. The highest BCUT2D eigenvalue weighted by atomic mass is 15.5. The molecule has 0 atom stereocenters. The van der Waals surface area contributed by atoms with Gasteiger partial charge in [-0.25, -0.2) is 4.68 Å². The Balaban J connectivity index is 2.40. The van der Waals surface area contributed by atoms with Gasteiger partial charge in [0, 0.05) is 0 Å². The molecule has 0 aromatic carbocycles. The first-order chi connectivity index (χ1) is 4.79. The first-order valence-corrected chi connectivity index (χ1v) is 3.46. The Kier molecular flexibility index (Phi) is 0.977. The molecule has 1 heterocycles. The van der Waals surface area contributed by atoms with E-state index in [9.17, 15) is 0 Å². The van der Waals surface area contributed by atoms with Crippen LogP contribution in [0.3, 0.4) is 0 Å². The number of hydrogen-bond acceptors (Lipinski definition) is 3. The number of anilines is 1. The Morgan fingerprint density at radius 3 is 2.70 bits per heavy atom. The van der Waals surface area contributed by atoms with Gasteiger partial charge in [0.1, 0.15) is 0 Å². The van der Waals surface area contributed by atoms with Gasteiger partial charge in [-0.15, -0.1) is 5.10 Å². The summed E-state index contributed by atoms with van der Waals surface area (Å²) in [5.74, 6) is 0.562. The van der Waals surface area contributed by atoms with Gasteiger partial charge in [0.15, 0.2) is 5.82 Å². The fourth-order valence-electron chi connectivity index (χ4n) is 1.02. The molecule has 0 aliphatic heterocycles. The third kappa shape index (κ3) is 0.683. The van der Waals surface area contributed by atoms with Crippen molar-refractivity contribution in [2.75, 3.05) is 5.73 Å². The number of rotatable bonds is 1. The maximum Gasteiger partial charge on any atom is 0.168 e. The number of hydrogen-bond donors (Lipinski definition) is 1. The van der Waals surface area contributed by atoms with E-state index in [1.165, 1.54) is 12.8 Å². The van der Waals surface area contributed by atoms with Crippen molar-refractivity contribution in [3.63, 3.8) is 0 Å². The van der Waals surface area contributed by atoms with E-state index in [1.807, 2.05) is 11.6 Å².